The minimum Gasteiger partial charge on any atom is -0.377 e. The van der Waals surface area contributed by atoms with Gasteiger partial charge in [-0.2, -0.15) is 0 Å². The van der Waals surface area contributed by atoms with Crippen molar-refractivity contribution >= 4 is 27.4 Å². The zero-order valence-corrected chi connectivity index (χ0v) is 16.3. The van der Waals surface area contributed by atoms with Crippen LogP contribution in [0.1, 0.15) is 42.5 Å². The molecule has 2 fully saturated rings. The van der Waals surface area contributed by atoms with E-state index >= 15 is 0 Å². The molecule has 0 radical (unpaired) electrons. The molecule has 140 valence electrons. The van der Waals surface area contributed by atoms with E-state index < -0.39 is 0 Å². The van der Waals surface area contributed by atoms with E-state index in [0.29, 0.717) is 6.10 Å². The fourth-order valence-electron chi connectivity index (χ4n) is 4.71. The van der Waals surface area contributed by atoms with E-state index in [0.717, 1.165) is 39.3 Å². The topological polar surface area (TPSA) is 41.5 Å². The van der Waals surface area contributed by atoms with Gasteiger partial charge in [-0.3, -0.25) is 4.90 Å². The van der Waals surface area contributed by atoms with Gasteiger partial charge in [0, 0.05) is 44.2 Å². The van der Waals surface area contributed by atoms with Crippen molar-refractivity contribution in [2.24, 2.45) is 0 Å². The van der Waals surface area contributed by atoms with Crippen LogP contribution in [0.25, 0.3) is 10.2 Å². The van der Waals surface area contributed by atoms with E-state index in [1.165, 1.54) is 61.0 Å². The molecule has 0 N–H and O–H groups in total. The van der Waals surface area contributed by atoms with Gasteiger partial charge >= 0.3 is 0 Å². The molecule has 4 heterocycles. The second-order valence-corrected chi connectivity index (χ2v) is 8.95. The summed E-state index contributed by atoms with van der Waals surface area (Å²) in [6.45, 7) is 6.38. The normalized spacial score (nSPS) is 24.8. The fourth-order valence-corrected chi connectivity index (χ4v) is 5.93. The van der Waals surface area contributed by atoms with E-state index in [1.54, 1.807) is 16.8 Å². The van der Waals surface area contributed by atoms with Gasteiger partial charge in [-0.1, -0.05) is 6.42 Å². The molecule has 1 aliphatic carbocycles. The maximum Gasteiger partial charge on any atom is 0.141 e. The number of aryl methyl sites for hydroxylation is 2. The van der Waals surface area contributed by atoms with Gasteiger partial charge < -0.3 is 9.64 Å². The lowest BCUT2D eigenvalue weighted by Gasteiger charge is -2.36. The molecule has 0 unspecified atom stereocenters. The molecule has 2 saturated heterocycles. The van der Waals surface area contributed by atoms with Gasteiger partial charge in [0.05, 0.1) is 11.5 Å². The van der Waals surface area contributed by atoms with E-state index in [1.807, 2.05) is 11.3 Å². The first-order valence-electron chi connectivity index (χ1n) is 10.2. The Bertz CT molecular complexity index is 763. The highest BCUT2D eigenvalue weighted by Crippen LogP contribution is 2.38. The second-order valence-electron chi connectivity index (χ2n) is 7.86. The molecular formula is C20H28N4OS. The third kappa shape index (κ3) is 3.23. The SMILES string of the molecule is c1nc(N2CCN(C[C@@H]3CCCO3)CC2)c2c3c(sc2n1)CCCCC3. The molecule has 0 spiro atoms. The highest BCUT2D eigenvalue weighted by Gasteiger charge is 2.26. The van der Waals surface area contributed by atoms with Crippen LogP contribution in [0.3, 0.4) is 0 Å². The van der Waals surface area contributed by atoms with Crippen molar-refractivity contribution < 1.29 is 4.74 Å². The summed E-state index contributed by atoms with van der Waals surface area (Å²) in [5, 5.41) is 1.36. The summed E-state index contributed by atoms with van der Waals surface area (Å²) in [4.78, 5) is 17.2. The minimum absolute atomic E-state index is 0.458. The van der Waals surface area contributed by atoms with Gasteiger partial charge in [-0.15, -0.1) is 11.3 Å². The number of aromatic nitrogens is 2. The lowest BCUT2D eigenvalue weighted by Crippen LogP contribution is -2.48. The highest BCUT2D eigenvalue weighted by atomic mass is 32.1. The molecule has 5 rings (SSSR count). The Hall–Kier alpha value is -1.24. The number of nitrogens with zero attached hydrogens (tertiary/aromatic N) is 4. The van der Waals surface area contributed by atoms with Crippen molar-refractivity contribution in [3.63, 3.8) is 0 Å². The van der Waals surface area contributed by atoms with Crippen LogP contribution in [0.5, 0.6) is 0 Å². The zero-order chi connectivity index (χ0) is 17.3. The summed E-state index contributed by atoms with van der Waals surface area (Å²) >= 11 is 1.91. The van der Waals surface area contributed by atoms with Crippen LogP contribution < -0.4 is 4.90 Å². The lowest BCUT2D eigenvalue weighted by atomic mass is 10.1. The van der Waals surface area contributed by atoms with Crippen LogP contribution in [0.15, 0.2) is 6.33 Å². The van der Waals surface area contributed by atoms with Crippen molar-refractivity contribution in [2.75, 3.05) is 44.2 Å². The van der Waals surface area contributed by atoms with Crippen LogP contribution in [-0.2, 0) is 17.6 Å². The molecule has 0 amide bonds. The average Bonchev–Trinajstić information content (AvgIpc) is 3.24. The summed E-state index contributed by atoms with van der Waals surface area (Å²) < 4.78 is 5.81. The molecule has 2 aliphatic heterocycles. The first kappa shape index (κ1) is 16.9. The number of piperazine rings is 1. The van der Waals surface area contributed by atoms with Gasteiger partial charge in [-0.05, 0) is 44.1 Å². The van der Waals surface area contributed by atoms with Gasteiger partial charge in [-0.25, -0.2) is 9.97 Å². The van der Waals surface area contributed by atoms with Gasteiger partial charge in [0.15, 0.2) is 0 Å². The molecule has 3 aliphatic rings. The second kappa shape index (κ2) is 7.41. The Morgan fingerprint density at radius 2 is 1.92 bits per heavy atom. The van der Waals surface area contributed by atoms with E-state index in [9.17, 15) is 0 Å². The predicted octanol–water partition coefficient (Wildman–Crippen LogP) is 3.26. The summed E-state index contributed by atoms with van der Waals surface area (Å²) in [5.41, 5.74) is 1.56. The summed E-state index contributed by atoms with van der Waals surface area (Å²) in [6.07, 6.45) is 11.1. The van der Waals surface area contributed by atoms with Crippen LogP contribution in [0.4, 0.5) is 5.82 Å². The van der Waals surface area contributed by atoms with Crippen LogP contribution in [0.2, 0.25) is 0 Å². The van der Waals surface area contributed by atoms with Crippen molar-refractivity contribution in [3.05, 3.63) is 16.8 Å². The number of fused-ring (bicyclic) bond motifs is 3. The monoisotopic (exact) mass is 372 g/mol. The van der Waals surface area contributed by atoms with Crippen molar-refractivity contribution in [3.8, 4) is 0 Å². The van der Waals surface area contributed by atoms with Gasteiger partial charge in [0.2, 0.25) is 0 Å². The number of ether oxygens (including phenoxy) is 1. The first-order chi connectivity index (χ1) is 12.9. The molecule has 2 aromatic rings. The zero-order valence-electron chi connectivity index (χ0n) is 15.5. The summed E-state index contributed by atoms with van der Waals surface area (Å²) in [5.74, 6) is 1.19. The van der Waals surface area contributed by atoms with Crippen LogP contribution in [0, 0.1) is 0 Å². The van der Waals surface area contributed by atoms with Crippen LogP contribution in [-0.4, -0.2) is 60.3 Å². The molecule has 6 heteroatoms. The Morgan fingerprint density at radius 3 is 2.77 bits per heavy atom. The van der Waals surface area contributed by atoms with E-state index in [2.05, 4.69) is 14.8 Å². The fraction of sp³-hybridized carbons (Fsp3) is 0.700. The van der Waals surface area contributed by atoms with E-state index in [4.69, 9.17) is 9.72 Å². The average molecular weight is 373 g/mol. The number of hydrogen-bond donors (Lipinski definition) is 0. The van der Waals surface area contributed by atoms with Gasteiger partial charge in [0.1, 0.15) is 17.0 Å². The minimum atomic E-state index is 0.458. The number of thiophene rings is 1. The van der Waals surface area contributed by atoms with Crippen molar-refractivity contribution in [1.29, 1.82) is 0 Å². The van der Waals surface area contributed by atoms with E-state index in [-0.39, 0.29) is 0 Å². The van der Waals surface area contributed by atoms with Gasteiger partial charge in [0.25, 0.3) is 0 Å². The third-order valence-corrected chi connectivity index (χ3v) is 7.34. The molecule has 26 heavy (non-hydrogen) atoms. The number of rotatable bonds is 3. The molecule has 2 aromatic heterocycles. The Morgan fingerprint density at radius 1 is 1.04 bits per heavy atom. The standard InChI is InChI=1S/C20H28N4OS/c1-2-6-16-17(7-3-1)26-20-18(16)19(21-14-22-20)24-10-8-23(9-11-24)13-15-5-4-12-25-15/h14-15H,1-13H2/t15-/m0/s1. The van der Waals surface area contributed by atoms with Crippen LogP contribution >= 0.6 is 11.3 Å². The van der Waals surface area contributed by atoms with Crippen molar-refractivity contribution in [2.45, 2.75) is 51.0 Å². The molecule has 5 nitrogen and oxygen atoms in total. The molecule has 0 saturated carbocycles. The first-order valence-corrected chi connectivity index (χ1v) is 11.0. The molecule has 1 atom stereocenters. The largest absolute Gasteiger partial charge is 0.377 e. The number of anilines is 1. The summed E-state index contributed by atoms with van der Waals surface area (Å²) in [7, 11) is 0. The quantitative estimate of drug-likeness (QED) is 0.774. The Kier molecular flexibility index (Phi) is 4.82. The third-order valence-electron chi connectivity index (χ3n) is 6.14. The lowest BCUT2D eigenvalue weighted by molar-refractivity contribution is 0.0712. The molecule has 0 bridgehead atoms. The highest BCUT2D eigenvalue weighted by molar-refractivity contribution is 7.18. The Labute approximate surface area is 159 Å². The molecular weight excluding hydrogens is 344 g/mol. The smallest absolute Gasteiger partial charge is 0.141 e. The maximum atomic E-state index is 5.81. The summed E-state index contributed by atoms with van der Waals surface area (Å²) in [6, 6.07) is 0. The Balaban J connectivity index is 1.35. The van der Waals surface area contributed by atoms with Crippen molar-refractivity contribution in [1.82, 2.24) is 14.9 Å². The maximum absolute atomic E-state index is 5.81. The number of hydrogen-bond acceptors (Lipinski definition) is 6. The predicted molar refractivity (Wildman–Crippen MR) is 106 cm³/mol. The molecule has 0 aromatic carbocycles.